The number of hydrogen-bond acceptors (Lipinski definition) is 8. The van der Waals surface area contributed by atoms with Crippen LogP contribution in [0.5, 0.6) is 0 Å². The molecule has 0 aliphatic rings. The maximum Gasteiger partial charge on any atom is 0.289 e. The summed E-state index contributed by atoms with van der Waals surface area (Å²) in [5.41, 5.74) is 2.30. The zero-order valence-corrected chi connectivity index (χ0v) is 20.7. The fraction of sp³-hybridized carbons (Fsp3) is 0.273. The molecule has 0 fully saturated rings. The number of hydrogen-bond donors (Lipinski definition) is 1. The van der Waals surface area contributed by atoms with Crippen molar-refractivity contribution in [1.29, 1.82) is 0 Å². The van der Waals surface area contributed by atoms with Crippen molar-refractivity contribution in [2.24, 2.45) is 5.10 Å². The summed E-state index contributed by atoms with van der Waals surface area (Å²) in [6.45, 7) is 3.30. The number of carbonyl (C=O) groups is 1. The van der Waals surface area contributed by atoms with E-state index in [1.807, 2.05) is 0 Å². The van der Waals surface area contributed by atoms with E-state index in [9.17, 15) is 31.7 Å². The van der Waals surface area contributed by atoms with Gasteiger partial charge in [0.25, 0.3) is 11.6 Å². The van der Waals surface area contributed by atoms with E-state index in [0.29, 0.717) is 5.56 Å². The molecule has 0 unspecified atom stereocenters. The maximum atomic E-state index is 13.2. The molecule has 3 aromatic rings. The fourth-order valence-electron chi connectivity index (χ4n) is 3.60. The standard InChI is InChI=1S/C22H24N4O7S2/c1-3-13-34(30,31)20-18-7-5-6-12-25(18)19(21(20)35(32,33)14-4-2)22(27)24-23-15-16-8-10-17(11-9-16)26(28)29/h5-12,15H,3-4,13-14H2,1-2H3,(H,24,27). The minimum Gasteiger partial charge on any atom is -0.310 e. The third-order valence-corrected chi connectivity index (χ3v) is 9.10. The van der Waals surface area contributed by atoms with Gasteiger partial charge in [-0.2, -0.15) is 5.10 Å². The zero-order valence-electron chi connectivity index (χ0n) is 19.0. The number of pyridine rings is 1. The number of hydrazone groups is 1. The largest absolute Gasteiger partial charge is 0.310 e. The van der Waals surface area contributed by atoms with E-state index < -0.39 is 40.3 Å². The molecule has 0 saturated carbocycles. The number of aromatic nitrogens is 1. The van der Waals surface area contributed by atoms with E-state index >= 15 is 0 Å². The van der Waals surface area contributed by atoms with Gasteiger partial charge in [-0.1, -0.05) is 19.9 Å². The Morgan fingerprint density at radius 1 is 1.00 bits per heavy atom. The lowest BCUT2D eigenvalue weighted by molar-refractivity contribution is -0.384. The Morgan fingerprint density at radius 2 is 1.60 bits per heavy atom. The van der Waals surface area contributed by atoms with Crippen LogP contribution in [-0.4, -0.2) is 49.8 Å². The van der Waals surface area contributed by atoms with Crippen LogP contribution < -0.4 is 5.43 Å². The van der Waals surface area contributed by atoms with Crippen molar-refractivity contribution >= 4 is 43.0 Å². The van der Waals surface area contributed by atoms with Gasteiger partial charge in [-0.3, -0.25) is 14.9 Å². The number of nitro groups is 1. The van der Waals surface area contributed by atoms with Gasteiger partial charge in [-0.15, -0.1) is 0 Å². The predicted molar refractivity (Wildman–Crippen MR) is 130 cm³/mol. The molecule has 0 saturated heterocycles. The molecule has 1 N–H and O–H groups in total. The lowest BCUT2D eigenvalue weighted by atomic mass is 10.2. The number of nitrogens with zero attached hydrogens (tertiary/aromatic N) is 3. The molecule has 186 valence electrons. The monoisotopic (exact) mass is 520 g/mol. The van der Waals surface area contributed by atoms with Crippen LogP contribution in [0.25, 0.3) is 5.52 Å². The first-order valence-electron chi connectivity index (χ1n) is 10.7. The summed E-state index contributed by atoms with van der Waals surface area (Å²) in [5.74, 6) is -1.54. The van der Waals surface area contributed by atoms with Gasteiger partial charge in [0.1, 0.15) is 15.5 Å². The van der Waals surface area contributed by atoms with Crippen molar-refractivity contribution in [3.05, 3.63) is 70.0 Å². The van der Waals surface area contributed by atoms with Crippen LogP contribution >= 0.6 is 0 Å². The van der Waals surface area contributed by atoms with E-state index in [0.717, 1.165) is 0 Å². The van der Waals surface area contributed by atoms with Gasteiger partial charge in [0.05, 0.1) is 28.2 Å². The number of fused-ring (bicyclic) bond motifs is 1. The van der Waals surface area contributed by atoms with Crippen molar-refractivity contribution in [2.45, 2.75) is 36.5 Å². The molecular formula is C22H24N4O7S2. The summed E-state index contributed by atoms with van der Waals surface area (Å²) in [6, 6.07) is 9.94. The SMILES string of the molecule is CCCS(=O)(=O)c1c(S(=O)(=O)CCC)c2ccccn2c1C(=O)NN=Cc1ccc([N+](=O)[O-])cc1. The molecule has 0 aliphatic heterocycles. The van der Waals surface area contributed by atoms with E-state index in [2.05, 4.69) is 10.5 Å². The Labute approximate surface area is 202 Å². The van der Waals surface area contributed by atoms with Crippen molar-refractivity contribution in [3.63, 3.8) is 0 Å². The van der Waals surface area contributed by atoms with Crippen molar-refractivity contribution in [1.82, 2.24) is 9.83 Å². The predicted octanol–water partition coefficient (Wildman–Crippen LogP) is 2.98. The number of non-ortho nitro benzene ring substituents is 1. The molecule has 3 rings (SSSR count). The minimum atomic E-state index is -4.15. The van der Waals surface area contributed by atoms with Gasteiger partial charge in [0.2, 0.25) is 0 Å². The fourth-order valence-corrected chi connectivity index (χ4v) is 7.58. The van der Waals surface area contributed by atoms with Gasteiger partial charge >= 0.3 is 0 Å². The number of sulfone groups is 2. The number of nitrogens with one attached hydrogen (secondary N) is 1. The topological polar surface area (TPSA) is 157 Å². The lowest BCUT2D eigenvalue weighted by Gasteiger charge is -2.08. The number of benzene rings is 1. The van der Waals surface area contributed by atoms with E-state index in [4.69, 9.17) is 0 Å². The lowest BCUT2D eigenvalue weighted by Crippen LogP contribution is -2.23. The van der Waals surface area contributed by atoms with Crippen LogP contribution in [0.2, 0.25) is 0 Å². The third-order valence-electron chi connectivity index (χ3n) is 5.02. The van der Waals surface area contributed by atoms with Crippen molar-refractivity contribution in [2.75, 3.05) is 11.5 Å². The highest BCUT2D eigenvalue weighted by Crippen LogP contribution is 2.34. The van der Waals surface area contributed by atoms with Crippen LogP contribution in [0.3, 0.4) is 0 Å². The first-order chi connectivity index (χ1) is 16.5. The smallest absolute Gasteiger partial charge is 0.289 e. The highest BCUT2D eigenvalue weighted by molar-refractivity contribution is 7.94. The molecule has 0 aliphatic carbocycles. The summed E-state index contributed by atoms with van der Waals surface area (Å²) in [5, 5.41) is 14.6. The summed E-state index contributed by atoms with van der Waals surface area (Å²) in [4.78, 5) is 22.5. The van der Waals surface area contributed by atoms with Crippen molar-refractivity contribution in [3.8, 4) is 0 Å². The molecule has 0 atom stereocenters. The molecule has 2 heterocycles. The molecule has 1 amide bonds. The van der Waals surface area contributed by atoms with Gasteiger partial charge in [0, 0.05) is 18.3 Å². The van der Waals surface area contributed by atoms with E-state index in [1.165, 1.54) is 47.1 Å². The Kier molecular flexibility index (Phi) is 7.70. The Hall–Kier alpha value is -3.58. The van der Waals surface area contributed by atoms with Crippen LogP contribution in [-0.2, 0) is 19.7 Å². The first-order valence-corrected chi connectivity index (χ1v) is 14.0. The number of nitro benzene ring substituents is 1. The Morgan fingerprint density at radius 3 is 2.17 bits per heavy atom. The second-order valence-corrected chi connectivity index (χ2v) is 11.7. The van der Waals surface area contributed by atoms with Gasteiger partial charge in [-0.25, -0.2) is 22.3 Å². The second-order valence-electron chi connectivity index (χ2n) is 7.65. The molecule has 13 heteroatoms. The second kappa shape index (κ2) is 10.4. The molecule has 2 aromatic heterocycles. The maximum absolute atomic E-state index is 13.2. The number of carbonyl (C=O) groups excluding carboxylic acids is 1. The van der Waals surface area contributed by atoms with Gasteiger partial charge < -0.3 is 4.40 Å². The van der Waals surface area contributed by atoms with E-state index in [1.54, 1.807) is 26.0 Å². The van der Waals surface area contributed by atoms with Crippen LogP contribution in [0.15, 0.2) is 63.6 Å². The molecular weight excluding hydrogens is 496 g/mol. The average Bonchev–Trinajstić information content (AvgIpc) is 3.16. The molecule has 0 spiro atoms. The van der Waals surface area contributed by atoms with Crippen molar-refractivity contribution < 1.29 is 26.6 Å². The molecule has 0 radical (unpaired) electrons. The molecule has 0 bridgehead atoms. The summed E-state index contributed by atoms with van der Waals surface area (Å²) >= 11 is 0. The first kappa shape index (κ1) is 26.0. The minimum absolute atomic E-state index is 0.0835. The van der Waals surface area contributed by atoms with Crippen LogP contribution in [0, 0.1) is 10.1 Å². The van der Waals surface area contributed by atoms with Crippen LogP contribution in [0.4, 0.5) is 5.69 Å². The van der Waals surface area contributed by atoms with Crippen LogP contribution in [0.1, 0.15) is 42.7 Å². The molecule has 1 aromatic carbocycles. The summed E-state index contributed by atoms with van der Waals surface area (Å²) < 4.78 is 54.0. The zero-order chi connectivity index (χ0) is 25.8. The highest BCUT2D eigenvalue weighted by Gasteiger charge is 2.36. The van der Waals surface area contributed by atoms with Gasteiger partial charge in [-0.05, 0) is 42.7 Å². The summed E-state index contributed by atoms with van der Waals surface area (Å²) in [6.07, 6.45) is 3.13. The number of amides is 1. The normalized spacial score (nSPS) is 12.3. The third kappa shape index (κ3) is 5.41. The van der Waals surface area contributed by atoms with Gasteiger partial charge in [0.15, 0.2) is 19.7 Å². The Balaban J connectivity index is 2.13. The molecule has 35 heavy (non-hydrogen) atoms. The molecule has 11 nitrogen and oxygen atoms in total. The summed E-state index contributed by atoms with van der Waals surface area (Å²) in [7, 11) is -8.18. The highest BCUT2D eigenvalue weighted by atomic mass is 32.2. The number of rotatable bonds is 10. The van der Waals surface area contributed by atoms with E-state index in [-0.39, 0.29) is 41.2 Å². The Bertz CT molecular complexity index is 1510. The quantitative estimate of drug-likeness (QED) is 0.244. The average molecular weight is 521 g/mol.